The van der Waals surface area contributed by atoms with Crippen molar-refractivity contribution in [2.45, 2.75) is 18.2 Å². The summed E-state index contributed by atoms with van der Waals surface area (Å²) in [5.74, 6) is 0.457. The van der Waals surface area contributed by atoms with Crippen molar-refractivity contribution in [3.63, 3.8) is 0 Å². The molecule has 0 saturated heterocycles. The van der Waals surface area contributed by atoms with E-state index >= 15 is 0 Å². The predicted octanol–water partition coefficient (Wildman–Crippen LogP) is 3.10. The van der Waals surface area contributed by atoms with Crippen molar-refractivity contribution < 1.29 is 4.79 Å². The second kappa shape index (κ2) is 4.68. The summed E-state index contributed by atoms with van der Waals surface area (Å²) in [4.78, 5) is 12.3. The van der Waals surface area contributed by atoms with Crippen molar-refractivity contribution in [1.82, 2.24) is 0 Å². The van der Waals surface area contributed by atoms with Gasteiger partial charge in [0.1, 0.15) is 0 Å². The third-order valence-electron chi connectivity index (χ3n) is 1.93. The smallest absolute Gasteiger partial charge is 0.164 e. The SMILES string of the molecule is Cc1c(S)cccc1C(=O)CCCl. The number of thiol groups is 1. The Morgan fingerprint density at radius 3 is 2.85 bits per heavy atom. The first kappa shape index (κ1) is 10.6. The zero-order chi connectivity index (χ0) is 9.84. The first-order valence-corrected chi connectivity index (χ1v) is 5.02. The summed E-state index contributed by atoms with van der Waals surface area (Å²) in [6.45, 7) is 1.89. The fourth-order valence-corrected chi connectivity index (χ4v) is 1.52. The highest BCUT2D eigenvalue weighted by Gasteiger charge is 2.08. The third-order valence-corrected chi connectivity index (χ3v) is 2.60. The van der Waals surface area contributed by atoms with Crippen LogP contribution in [-0.4, -0.2) is 11.7 Å². The lowest BCUT2D eigenvalue weighted by Gasteiger charge is -2.05. The quantitative estimate of drug-likeness (QED) is 0.465. The summed E-state index contributed by atoms with van der Waals surface area (Å²) < 4.78 is 0. The minimum Gasteiger partial charge on any atom is -0.294 e. The molecule has 1 aromatic carbocycles. The number of halogens is 1. The molecule has 0 N–H and O–H groups in total. The first-order chi connectivity index (χ1) is 6.16. The molecule has 1 aromatic rings. The van der Waals surface area contributed by atoms with Crippen LogP contribution in [0, 0.1) is 6.92 Å². The zero-order valence-electron chi connectivity index (χ0n) is 7.38. The van der Waals surface area contributed by atoms with Crippen LogP contribution in [-0.2, 0) is 0 Å². The normalized spacial score (nSPS) is 10.1. The molecule has 0 bridgehead atoms. The highest BCUT2D eigenvalue weighted by Crippen LogP contribution is 2.18. The minimum absolute atomic E-state index is 0.0865. The topological polar surface area (TPSA) is 17.1 Å². The maximum Gasteiger partial charge on any atom is 0.164 e. The Labute approximate surface area is 88.5 Å². The molecule has 70 valence electrons. The van der Waals surface area contributed by atoms with Crippen LogP contribution >= 0.6 is 24.2 Å². The molecule has 0 fully saturated rings. The lowest BCUT2D eigenvalue weighted by atomic mass is 10.0. The summed E-state index contributed by atoms with van der Waals surface area (Å²) in [6.07, 6.45) is 0.389. The van der Waals surface area contributed by atoms with Crippen molar-refractivity contribution in [2.75, 3.05) is 5.88 Å². The minimum atomic E-state index is 0.0865. The second-order valence-electron chi connectivity index (χ2n) is 2.81. The van der Waals surface area contributed by atoms with Gasteiger partial charge in [-0.3, -0.25) is 4.79 Å². The van der Waals surface area contributed by atoms with E-state index in [4.69, 9.17) is 11.6 Å². The van der Waals surface area contributed by atoms with Gasteiger partial charge in [0.25, 0.3) is 0 Å². The Morgan fingerprint density at radius 1 is 1.54 bits per heavy atom. The molecule has 0 aliphatic heterocycles. The average Bonchev–Trinajstić information content (AvgIpc) is 2.10. The van der Waals surface area contributed by atoms with Crippen molar-refractivity contribution in [3.05, 3.63) is 29.3 Å². The van der Waals surface area contributed by atoms with E-state index in [1.54, 1.807) is 0 Å². The van der Waals surface area contributed by atoms with E-state index in [2.05, 4.69) is 12.6 Å². The molecular weight excluding hydrogens is 204 g/mol. The predicted molar refractivity (Wildman–Crippen MR) is 58.1 cm³/mol. The molecule has 0 aliphatic rings. The van der Waals surface area contributed by atoms with Crippen LogP contribution in [0.4, 0.5) is 0 Å². The van der Waals surface area contributed by atoms with Gasteiger partial charge in [0, 0.05) is 22.8 Å². The molecule has 0 atom stereocenters. The molecule has 0 amide bonds. The zero-order valence-corrected chi connectivity index (χ0v) is 9.03. The number of hydrogen-bond donors (Lipinski definition) is 1. The van der Waals surface area contributed by atoms with E-state index in [1.807, 2.05) is 25.1 Å². The molecule has 0 heterocycles. The van der Waals surface area contributed by atoms with Gasteiger partial charge < -0.3 is 0 Å². The van der Waals surface area contributed by atoms with E-state index in [0.29, 0.717) is 12.3 Å². The molecule has 0 aliphatic carbocycles. The Hall–Kier alpha value is -0.470. The van der Waals surface area contributed by atoms with E-state index in [9.17, 15) is 4.79 Å². The monoisotopic (exact) mass is 214 g/mol. The molecular formula is C10H11ClOS. The fraction of sp³-hybridized carbons (Fsp3) is 0.300. The maximum absolute atomic E-state index is 11.5. The Bertz CT molecular complexity index is 323. The lowest BCUT2D eigenvalue weighted by Crippen LogP contribution is -2.02. The second-order valence-corrected chi connectivity index (χ2v) is 3.67. The molecule has 0 spiro atoms. The van der Waals surface area contributed by atoms with Crippen LogP contribution in [0.25, 0.3) is 0 Å². The van der Waals surface area contributed by atoms with E-state index in [1.165, 1.54) is 0 Å². The van der Waals surface area contributed by atoms with Gasteiger partial charge in [-0.05, 0) is 18.6 Å². The van der Waals surface area contributed by atoms with Crippen LogP contribution in [0.1, 0.15) is 22.3 Å². The van der Waals surface area contributed by atoms with Gasteiger partial charge in [-0.15, -0.1) is 24.2 Å². The average molecular weight is 215 g/mol. The lowest BCUT2D eigenvalue weighted by molar-refractivity contribution is 0.0988. The largest absolute Gasteiger partial charge is 0.294 e. The molecule has 1 nitrogen and oxygen atoms in total. The van der Waals surface area contributed by atoms with Crippen molar-refractivity contribution in [3.8, 4) is 0 Å². The number of alkyl halides is 1. The van der Waals surface area contributed by atoms with Gasteiger partial charge in [0.15, 0.2) is 5.78 Å². The summed E-state index contributed by atoms with van der Waals surface area (Å²) >= 11 is 9.74. The molecule has 3 heteroatoms. The molecule has 13 heavy (non-hydrogen) atoms. The van der Waals surface area contributed by atoms with E-state index < -0.39 is 0 Å². The van der Waals surface area contributed by atoms with E-state index in [-0.39, 0.29) is 5.78 Å². The molecule has 0 radical (unpaired) electrons. The number of carbonyl (C=O) groups excluding carboxylic acids is 1. The number of rotatable bonds is 3. The molecule has 0 aromatic heterocycles. The van der Waals surface area contributed by atoms with Gasteiger partial charge in [0.05, 0.1) is 0 Å². The molecule has 1 rings (SSSR count). The fourth-order valence-electron chi connectivity index (χ4n) is 1.15. The van der Waals surface area contributed by atoms with Gasteiger partial charge in [-0.1, -0.05) is 12.1 Å². The van der Waals surface area contributed by atoms with Crippen molar-refractivity contribution in [1.29, 1.82) is 0 Å². The van der Waals surface area contributed by atoms with E-state index in [0.717, 1.165) is 16.0 Å². The highest BCUT2D eigenvalue weighted by molar-refractivity contribution is 7.80. The first-order valence-electron chi connectivity index (χ1n) is 4.04. The third kappa shape index (κ3) is 2.48. The number of benzene rings is 1. The van der Waals surface area contributed by atoms with Gasteiger partial charge >= 0.3 is 0 Å². The summed E-state index contributed by atoms with van der Waals surface area (Å²) in [5, 5.41) is 0. The summed E-state index contributed by atoms with van der Waals surface area (Å²) in [6, 6.07) is 5.51. The Kier molecular flexibility index (Phi) is 3.82. The van der Waals surface area contributed by atoms with Crippen LogP contribution in [0.3, 0.4) is 0 Å². The number of carbonyl (C=O) groups is 1. The molecule has 0 saturated carbocycles. The van der Waals surface area contributed by atoms with Crippen LogP contribution in [0.15, 0.2) is 23.1 Å². The van der Waals surface area contributed by atoms with Gasteiger partial charge in [-0.25, -0.2) is 0 Å². The van der Waals surface area contributed by atoms with Crippen molar-refractivity contribution >= 4 is 30.0 Å². The van der Waals surface area contributed by atoms with Crippen LogP contribution in [0.2, 0.25) is 0 Å². The Balaban J connectivity index is 3.01. The highest BCUT2D eigenvalue weighted by atomic mass is 35.5. The van der Waals surface area contributed by atoms with Gasteiger partial charge in [0.2, 0.25) is 0 Å². The van der Waals surface area contributed by atoms with Gasteiger partial charge in [-0.2, -0.15) is 0 Å². The summed E-state index contributed by atoms with van der Waals surface area (Å²) in [7, 11) is 0. The van der Waals surface area contributed by atoms with Crippen molar-refractivity contribution in [2.24, 2.45) is 0 Å². The van der Waals surface area contributed by atoms with Crippen LogP contribution in [0.5, 0.6) is 0 Å². The number of Topliss-reactive ketones (excluding diaryl/α,β-unsaturated/α-hetero) is 1. The number of hydrogen-bond acceptors (Lipinski definition) is 2. The maximum atomic E-state index is 11.5. The Morgan fingerprint density at radius 2 is 2.23 bits per heavy atom. The van der Waals surface area contributed by atoms with Crippen LogP contribution < -0.4 is 0 Å². The summed E-state index contributed by atoms with van der Waals surface area (Å²) in [5.41, 5.74) is 1.66. The number of ketones is 1. The standard InChI is InChI=1S/C10H11ClOS/c1-7-8(9(12)5-6-11)3-2-4-10(7)13/h2-4,13H,5-6H2,1H3. The molecule has 0 unspecified atom stereocenters.